The molecule has 0 heterocycles. The lowest BCUT2D eigenvalue weighted by molar-refractivity contribution is -0.142. The molecule has 3 rings (SSSR count). The molecule has 0 bridgehead atoms. The Bertz CT molecular complexity index is 1490. The summed E-state index contributed by atoms with van der Waals surface area (Å²) in [6.07, 6.45) is 1.53. The summed E-state index contributed by atoms with van der Waals surface area (Å²) in [5.74, 6) is -0.587. The number of nitrogens with zero attached hydrogens (tertiary/aromatic N) is 2. The monoisotopic (exact) mass is 651 g/mol. The van der Waals surface area contributed by atoms with Gasteiger partial charge in [0.1, 0.15) is 6.04 Å². The van der Waals surface area contributed by atoms with Gasteiger partial charge in [-0.15, -0.1) is 0 Å². The summed E-state index contributed by atoms with van der Waals surface area (Å²) < 4.78 is 26.5. The summed E-state index contributed by atoms with van der Waals surface area (Å²) in [5, 5.41) is 4.10. The number of carbonyl (C=O) groups excluding carboxylic acids is 2. The molecule has 0 spiro atoms. The number of hydrogen-bond acceptors (Lipinski definition) is 4. The quantitative estimate of drug-likeness (QED) is 0.235. The average molecular weight is 653 g/mol. The lowest BCUT2D eigenvalue weighted by atomic mass is 10.00. The van der Waals surface area contributed by atoms with Gasteiger partial charge in [0.25, 0.3) is 0 Å². The van der Waals surface area contributed by atoms with E-state index in [1.54, 1.807) is 29.2 Å². The van der Waals surface area contributed by atoms with E-state index in [0.29, 0.717) is 16.5 Å². The van der Waals surface area contributed by atoms with E-state index in [1.807, 2.05) is 57.2 Å². The fraction of sp³-hybridized carbons (Fsp3) is 0.355. The van der Waals surface area contributed by atoms with Crippen LogP contribution in [0.5, 0.6) is 0 Å². The largest absolute Gasteiger partial charge is 0.350 e. The van der Waals surface area contributed by atoms with Gasteiger partial charge in [-0.3, -0.25) is 13.9 Å². The Kier molecular flexibility index (Phi) is 11.7. The zero-order valence-corrected chi connectivity index (χ0v) is 27.2. The predicted molar refractivity (Wildman–Crippen MR) is 172 cm³/mol. The van der Waals surface area contributed by atoms with E-state index in [0.717, 1.165) is 21.7 Å². The van der Waals surface area contributed by atoms with E-state index in [2.05, 4.69) is 5.32 Å². The number of hydrogen-bond donors (Lipinski definition) is 1. The van der Waals surface area contributed by atoms with E-state index in [1.165, 1.54) is 12.1 Å². The second-order valence-corrected chi connectivity index (χ2v) is 14.3. The van der Waals surface area contributed by atoms with Gasteiger partial charge >= 0.3 is 0 Å². The van der Waals surface area contributed by atoms with E-state index in [-0.39, 0.29) is 48.5 Å². The third-order valence-electron chi connectivity index (χ3n) is 6.34. The number of carbonyl (C=O) groups is 2. The van der Waals surface area contributed by atoms with Gasteiger partial charge in [-0.1, -0.05) is 77.3 Å². The molecule has 0 saturated heterocycles. The highest BCUT2D eigenvalue weighted by atomic mass is 35.5. The topological polar surface area (TPSA) is 86.8 Å². The van der Waals surface area contributed by atoms with Crippen LogP contribution < -0.4 is 9.62 Å². The molecule has 42 heavy (non-hydrogen) atoms. The Labute approximate surface area is 263 Å². The minimum Gasteiger partial charge on any atom is -0.350 e. The van der Waals surface area contributed by atoms with Crippen molar-refractivity contribution >= 4 is 62.3 Å². The van der Waals surface area contributed by atoms with Crippen molar-refractivity contribution in [3.63, 3.8) is 0 Å². The molecule has 1 atom stereocenters. The molecule has 11 heteroatoms. The van der Waals surface area contributed by atoms with E-state index in [9.17, 15) is 18.0 Å². The molecule has 0 aliphatic heterocycles. The van der Waals surface area contributed by atoms with Crippen molar-refractivity contribution in [3.8, 4) is 0 Å². The second-order valence-electron chi connectivity index (χ2n) is 11.1. The average Bonchev–Trinajstić information content (AvgIpc) is 2.89. The molecule has 0 fully saturated rings. The number of rotatable bonds is 12. The summed E-state index contributed by atoms with van der Waals surface area (Å²) in [7, 11) is -3.73. The van der Waals surface area contributed by atoms with Gasteiger partial charge in [0.15, 0.2) is 0 Å². The highest BCUT2D eigenvalue weighted by molar-refractivity contribution is 7.92. The van der Waals surface area contributed by atoms with Crippen molar-refractivity contribution in [3.05, 3.63) is 99.0 Å². The van der Waals surface area contributed by atoms with Crippen LogP contribution in [0.15, 0.2) is 72.8 Å². The van der Waals surface area contributed by atoms with Gasteiger partial charge < -0.3 is 10.2 Å². The van der Waals surface area contributed by atoms with Gasteiger partial charge in [0.2, 0.25) is 21.8 Å². The second kappa shape index (κ2) is 14.6. The highest BCUT2D eigenvalue weighted by Crippen LogP contribution is 2.31. The molecular weight excluding hydrogens is 617 g/mol. The molecule has 7 nitrogen and oxygen atoms in total. The summed E-state index contributed by atoms with van der Waals surface area (Å²) >= 11 is 18.7. The van der Waals surface area contributed by atoms with E-state index in [4.69, 9.17) is 34.8 Å². The van der Waals surface area contributed by atoms with Crippen LogP contribution >= 0.6 is 34.8 Å². The maximum absolute atomic E-state index is 13.9. The van der Waals surface area contributed by atoms with Crippen molar-refractivity contribution in [2.45, 2.75) is 58.2 Å². The molecule has 226 valence electrons. The number of sulfonamides is 1. The summed E-state index contributed by atoms with van der Waals surface area (Å²) in [4.78, 5) is 29.2. The van der Waals surface area contributed by atoms with E-state index >= 15 is 0 Å². The minimum atomic E-state index is -3.73. The van der Waals surface area contributed by atoms with Crippen molar-refractivity contribution in [1.29, 1.82) is 0 Å². The van der Waals surface area contributed by atoms with Crippen LogP contribution in [-0.4, -0.2) is 49.5 Å². The third kappa shape index (κ3) is 10.2. The predicted octanol–water partition coefficient (Wildman–Crippen LogP) is 6.75. The number of nitrogens with one attached hydrogen (secondary N) is 1. The normalized spacial score (nSPS) is 12.5. The number of benzene rings is 3. The van der Waals surface area contributed by atoms with Crippen molar-refractivity contribution in [2.24, 2.45) is 0 Å². The highest BCUT2D eigenvalue weighted by Gasteiger charge is 2.32. The first-order valence-corrected chi connectivity index (χ1v) is 16.4. The van der Waals surface area contributed by atoms with Gasteiger partial charge in [-0.05, 0) is 68.7 Å². The van der Waals surface area contributed by atoms with Crippen LogP contribution in [0.3, 0.4) is 0 Å². The lowest BCUT2D eigenvalue weighted by Gasteiger charge is -2.34. The number of halogens is 3. The lowest BCUT2D eigenvalue weighted by Crippen LogP contribution is -2.54. The van der Waals surface area contributed by atoms with Gasteiger partial charge in [-0.2, -0.15) is 0 Å². The maximum atomic E-state index is 13.9. The van der Waals surface area contributed by atoms with Crippen LogP contribution in [0.4, 0.5) is 5.69 Å². The first kappa shape index (κ1) is 33.7. The Morgan fingerprint density at radius 3 is 2.14 bits per heavy atom. The first-order chi connectivity index (χ1) is 19.6. The molecule has 0 aliphatic carbocycles. The molecule has 3 aromatic rings. The Morgan fingerprint density at radius 1 is 0.881 bits per heavy atom. The van der Waals surface area contributed by atoms with Crippen LogP contribution in [0, 0.1) is 0 Å². The van der Waals surface area contributed by atoms with Gasteiger partial charge in [0.05, 0.1) is 17.0 Å². The molecule has 0 aliphatic rings. The Balaban J connectivity index is 1.92. The van der Waals surface area contributed by atoms with E-state index < -0.39 is 21.6 Å². The van der Waals surface area contributed by atoms with Gasteiger partial charge in [0, 0.05) is 41.5 Å². The third-order valence-corrected chi connectivity index (χ3v) is 8.31. The molecule has 0 saturated carbocycles. The zero-order chi connectivity index (χ0) is 31.1. The summed E-state index contributed by atoms with van der Waals surface area (Å²) in [6.45, 7) is 5.79. The van der Waals surface area contributed by atoms with Crippen LogP contribution in [0.25, 0.3) is 0 Å². The zero-order valence-electron chi connectivity index (χ0n) is 24.1. The van der Waals surface area contributed by atoms with Crippen molar-refractivity contribution in [1.82, 2.24) is 10.2 Å². The van der Waals surface area contributed by atoms with Crippen LogP contribution in [-0.2, 0) is 32.6 Å². The molecule has 1 N–H and O–H groups in total. The number of amides is 2. The Hall–Kier alpha value is -2.78. The summed E-state index contributed by atoms with van der Waals surface area (Å²) in [6, 6.07) is 20.4. The molecule has 0 aromatic heterocycles. The first-order valence-electron chi connectivity index (χ1n) is 13.5. The molecule has 3 aromatic carbocycles. The molecule has 1 unspecified atom stereocenters. The Morgan fingerprint density at radius 2 is 1.52 bits per heavy atom. The molecular formula is C31H36Cl3N3O4S. The van der Waals surface area contributed by atoms with Crippen molar-refractivity contribution < 1.29 is 18.0 Å². The number of anilines is 1. The maximum Gasteiger partial charge on any atom is 0.243 e. The van der Waals surface area contributed by atoms with Crippen LogP contribution in [0.1, 0.15) is 44.7 Å². The minimum absolute atomic E-state index is 0.00677. The standard InChI is InChI=1S/C31H36Cl3N3O4S/c1-31(2,3)35-30(39)28(19-22-10-6-5-7-11-22)36(21-23-12-8-13-24(32)18-23)29(38)14-9-17-37(42(4,40)41)27-20-25(33)15-16-26(27)34/h5-8,10-13,15-16,18,20,28H,9,14,17,19,21H2,1-4H3,(H,35,39). The fourth-order valence-electron chi connectivity index (χ4n) is 4.50. The fourth-order valence-corrected chi connectivity index (χ4v) is 6.12. The molecule has 0 radical (unpaired) electrons. The van der Waals surface area contributed by atoms with Crippen molar-refractivity contribution in [2.75, 3.05) is 17.1 Å². The van der Waals surface area contributed by atoms with Crippen LogP contribution in [0.2, 0.25) is 15.1 Å². The molecule has 2 amide bonds. The van der Waals surface area contributed by atoms with Gasteiger partial charge in [-0.25, -0.2) is 8.42 Å². The summed E-state index contributed by atoms with van der Waals surface area (Å²) in [5.41, 5.74) is 1.37. The SMILES string of the molecule is CC(C)(C)NC(=O)C(Cc1ccccc1)N(Cc1cccc(Cl)c1)C(=O)CCCN(c1cc(Cl)ccc1Cl)S(C)(=O)=O. The smallest absolute Gasteiger partial charge is 0.243 e.